The second-order valence-corrected chi connectivity index (χ2v) is 5.72. The number of anilines is 1. The summed E-state index contributed by atoms with van der Waals surface area (Å²) in [6.07, 6.45) is -0.195. The first-order valence-corrected chi connectivity index (χ1v) is 7.16. The van der Waals surface area contributed by atoms with Crippen molar-refractivity contribution in [1.82, 2.24) is 5.32 Å². The number of hydrogen-bond donors (Lipinski definition) is 2. The normalized spacial score (nSPS) is 10.6. The second-order valence-electron chi connectivity index (χ2n) is 4.90. The van der Waals surface area contributed by atoms with Crippen molar-refractivity contribution in [3.8, 4) is 0 Å². The van der Waals surface area contributed by atoms with Crippen LogP contribution in [0.5, 0.6) is 0 Å². The number of hydrogen-bond acceptors (Lipinski definition) is 3. The zero-order valence-electron chi connectivity index (χ0n) is 12.0. The van der Waals surface area contributed by atoms with Crippen molar-refractivity contribution in [3.05, 3.63) is 28.8 Å². The lowest BCUT2D eigenvalue weighted by Gasteiger charge is -2.14. The zero-order chi connectivity index (χ0) is 15.3. The molecule has 2 N–H and O–H groups in total. The first-order valence-electron chi connectivity index (χ1n) is 6.37. The highest BCUT2D eigenvalue weighted by atomic mass is 35.5. The third-order valence-electron chi connectivity index (χ3n) is 2.21. The van der Waals surface area contributed by atoms with E-state index in [1.54, 1.807) is 32.0 Å². The number of ether oxygens (including phenoxy) is 1. The Morgan fingerprint density at radius 2 is 1.95 bits per heavy atom. The average Bonchev–Trinajstić information content (AvgIpc) is 2.29. The molecular weight excluding hydrogens is 296 g/mol. The van der Waals surface area contributed by atoms with Crippen LogP contribution in [0, 0.1) is 0 Å². The summed E-state index contributed by atoms with van der Waals surface area (Å²) in [7, 11) is 0. The van der Waals surface area contributed by atoms with Crippen LogP contribution in [0.25, 0.3) is 0 Å². The molecule has 4 nitrogen and oxygen atoms in total. The van der Waals surface area contributed by atoms with Gasteiger partial charge in [0.1, 0.15) is 0 Å². The standard InChI is InChI=1S/C14H19ClN2O2S/c1-8(2)16-14(20)17-10-5-6-12(15)11(7-10)13(18)19-9(3)4/h5-9H,1-4H3,(H2,16,17,20). The first kappa shape index (κ1) is 16.7. The van der Waals surface area contributed by atoms with Gasteiger partial charge in [-0.1, -0.05) is 11.6 Å². The van der Waals surface area contributed by atoms with E-state index in [2.05, 4.69) is 10.6 Å². The Kier molecular flexibility index (Phi) is 6.23. The molecule has 0 unspecified atom stereocenters. The first-order chi connectivity index (χ1) is 9.29. The van der Waals surface area contributed by atoms with Gasteiger partial charge in [-0.05, 0) is 58.1 Å². The quantitative estimate of drug-likeness (QED) is 0.657. The lowest BCUT2D eigenvalue weighted by molar-refractivity contribution is 0.0378. The Bertz CT molecular complexity index is 504. The van der Waals surface area contributed by atoms with Gasteiger partial charge in [0.25, 0.3) is 0 Å². The molecule has 1 rings (SSSR count). The Hall–Kier alpha value is -1.33. The highest BCUT2D eigenvalue weighted by Crippen LogP contribution is 2.22. The van der Waals surface area contributed by atoms with E-state index in [1.807, 2.05) is 13.8 Å². The molecule has 20 heavy (non-hydrogen) atoms. The molecule has 6 heteroatoms. The van der Waals surface area contributed by atoms with Crippen molar-refractivity contribution in [2.75, 3.05) is 5.32 Å². The molecule has 0 aromatic heterocycles. The molecule has 0 saturated carbocycles. The van der Waals surface area contributed by atoms with Gasteiger partial charge >= 0.3 is 5.97 Å². The SMILES string of the molecule is CC(C)NC(=S)Nc1ccc(Cl)c(C(=O)OC(C)C)c1. The van der Waals surface area contributed by atoms with Crippen LogP contribution in [-0.2, 0) is 4.74 Å². The molecule has 0 atom stereocenters. The van der Waals surface area contributed by atoms with Crippen molar-refractivity contribution in [3.63, 3.8) is 0 Å². The van der Waals surface area contributed by atoms with Crippen LogP contribution in [0.15, 0.2) is 18.2 Å². The zero-order valence-corrected chi connectivity index (χ0v) is 13.6. The van der Waals surface area contributed by atoms with Crippen LogP contribution in [0.4, 0.5) is 5.69 Å². The van der Waals surface area contributed by atoms with Crippen LogP contribution in [0.2, 0.25) is 5.02 Å². The summed E-state index contributed by atoms with van der Waals surface area (Å²) in [5.41, 5.74) is 1.00. The van der Waals surface area contributed by atoms with Gasteiger partial charge in [0.05, 0.1) is 16.7 Å². The van der Waals surface area contributed by atoms with Crippen molar-refractivity contribution >= 4 is 40.6 Å². The topological polar surface area (TPSA) is 50.4 Å². The Morgan fingerprint density at radius 1 is 1.30 bits per heavy atom. The highest BCUT2D eigenvalue weighted by Gasteiger charge is 2.14. The molecule has 0 saturated heterocycles. The summed E-state index contributed by atoms with van der Waals surface area (Å²) in [6, 6.07) is 5.25. The molecule has 0 aliphatic carbocycles. The van der Waals surface area contributed by atoms with Gasteiger partial charge in [-0.15, -0.1) is 0 Å². The number of carbonyl (C=O) groups is 1. The van der Waals surface area contributed by atoms with E-state index in [9.17, 15) is 4.79 Å². The van der Waals surface area contributed by atoms with Crippen molar-refractivity contribution in [2.45, 2.75) is 39.8 Å². The molecule has 0 spiro atoms. The third-order valence-corrected chi connectivity index (χ3v) is 2.76. The molecule has 0 aliphatic heterocycles. The minimum Gasteiger partial charge on any atom is -0.459 e. The Labute approximate surface area is 129 Å². The average molecular weight is 315 g/mol. The molecular formula is C14H19ClN2O2S. The number of rotatable bonds is 4. The van der Waals surface area contributed by atoms with Crippen LogP contribution in [0.1, 0.15) is 38.1 Å². The lowest BCUT2D eigenvalue weighted by Crippen LogP contribution is -2.33. The van der Waals surface area contributed by atoms with Crippen LogP contribution in [0.3, 0.4) is 0 Å². The van der Waals surface area contributed by atoms with Gasteiger partial charge in [0.2, 0.25) is 0 Å². The number of benzene rings is 1. The van der Waals surface area contributed by atoms with Gasteiger partial charge in [-0.2, -0.15) is 0 Å². The predicted octanol–water partition coefficient (Wildman–Crippen LogP) is 3.60. The smallest absolute Gasteiger partial charge is 0.339 e. The molecule has 0 amide bonds. The van der Waals surface area contributed by atoms with E-state index in [4.69, 9.17) is 28.6 Å². The monoisotopic (exact) mass is 314 g/mol. The Balaban J connectivity index is 2.86. The minimum atomic E-state index is -0.448. The van der Waals surface area contributed by atoms with Crippen molar-refractivity contribution in [1.29, 1.82) is 0 Å². The van der Waals surface area contributed by atoms with Gasteiger partial charge in [-0.25, -0.2) is 4.79 Å². The molecule has 0 heterocycles. The maximum atomic E-state index is 11.9. The molecule has 1 aromatic rings. The van der Waals surface area contributed by atoms with Crippen LogP contribution in [-0.4, -0.2) is 23.2 Å². The van der Waals surface area contributed by atoms with Gasteiger partial charge < -0.3 is 15.4 Å². The molecule has 0 bridgehead atoms. The largest absolute Gasteiger partial charge is 0.459 e. The number of halogens is 1. The maximum Gasteiger partial charge on any atom is 0.339 e. The van der Waals surface area contributed by atoms with E-state index in [0.717, 1.165) is 0 Å². The molecule has 0 radical (unpaired) electrons. The number of esters is 1. The van der Waals surface area contributed by atoms with E-state index in [1.165, 1.54) is 0 Å². The van der Waals surface area contributed by atoms with E-state index in [-0.39, 0.29) is 12.1 Å². The van der Waals surface area contributed by atoms with E-state index >= 15 is 0 Å². The van der Waals surface area contributed by atoms with Crippen LogP contribution >= 0.6 is 23.8 Å². The summed E-state index contributed by atoms with van der Waals surface area (Å²) in [4.78, 5) is 11.9. The summed E-state index contributed by atoms with van der Waals surface area (Å²) >= 11 is 11.2. The van der Waals surface area contributed by atoms with Crippen molar-refractivity contribution < 1.29 is 9.53 Å². The molecule has 0 aliphatic rings. The summed E-state index contributed by atoms with van der Waals surface area (Å²) < 4.78 is 5.14. The molecule has 110 valence electrons. The number of nitrogens with one attached hydrogen (secondary N) is 2. The van der Waals surface area contributed by atoms with Crippen molar-refractivity contribution in [2.24, 2.45) is 0 Å². The van der Waals surface area contributed by atoms with E-state index in [0.29, 0.717) is 21.4 Å². The maximum absolute atomic E-state index is 11.9. The van der Waals surface area contributed by atoms with Gasteiger partial charge in [0.15, 0.2) is 5.11 Å². The predicted molar refractivity (Wildman–Crippen MR) is 86.5 cm³/mol. The minimum absolute atomic E-state index is 0.195. The highest BCUT2D eigenvalue weighted by molar-refractivity contribution is 7.80. The summed E-state index contributed by atoms with van der Waals surface area (Å²) in [6.45, 7) is 7.55. The summed E-state index contributed by atoms with van der Waals surface area (Å²) in [5, 5.41) is 6.90. The van der Waals surface area contributed by atoms with E-state index < -0.39 is 5.97 Å². The summed E-state index contributed by atoms with van der Waals surface area (Å²) in [5.74, 6) is -0.448. The number of thiocarbonyl (C=S) groups is 1. The van der Waals surface area contributed by atoms with Crippen LogP contribution < -0.4 is 10.6 Å². The van der Waals surface area contributed by atoms with Gasteiger partial charge in [0, 0.05) is 11.7 Å². The lowest BCUT2D eigenvalue weighted by atomic mass is 10.2. The molecule has 1 aromatic carbocycles. The third kappa shape index (κ3) is 5.35. The Morgan fingerprint density at radius 3 is 2.50 bits per heavy atom. The fraction of sp³-hybridized carbons (Fsp3) is 0.429. The van der Waals surface area contributed by atoms with Gasteiger partial charge in [-0.3, -0.25) is 0 Å². The fourth-order valence-corrected chi connectivity index (χ4v) is 2.01. The number of carbonyl (C=O) groups excluding carboxylic acids is 1. The second kappa shape index (κ2) is 7.45. The fourth-order valence-electron chi connectivity index (χ4n) is 1.47. The molecule has 0 fully saturated rings.